The molecule has 0 saturated heterocycles. The molecule has 1 heterocycles. The Morgan fingerprint density at radius 2 is 1.59 bits per heavy atom. The molecular weight excluding hydrogens is 334 g/mol. The first-order valence-electron chi connectivity index (χ1n) is 10.1. The van der Waals surface area contributed by atoms with E-state index < -0.39 is 0 Å². The molecule has 4 heteroatoms. The van der Waals surface area contributed by atoms with Gasteiger partial charge < -0.3 is 4.74 Å². The number of hydrogen-bond acceptors (Lipinski definition) is 4. The van der Waals surface area contributed by atoms with E-state index in [2.05, 4.69) is 60.4 Å². The summed E-state index contributed by atoms with van der Waals surface area (Å²) in [5, 5.41) is 1.72. The summed E-state index contributed by atoms with van der Waals surface area (Å²) in [6, 6.07) is 17.1. The van der Waals surface area contributed by atoms with Crippen LogP contribution in [0.3, 0.4) is 0 Å². The Balaban J connectivity index is 1.34. The summed E-state index contributed by atoms with van der Waals surface area (Å²) < 4.78 is 6.16. The molecule has 2 aromatic carbocycles. The first-order valence-corrected chi connectivity index (χ1v) is 10.1. The van der Waals surface area contributed by atoms with E-state index in [-0.39, 0.29) is 0 Å². The minimum absolute atomic E-state index is 0.389. The average Bonchev–Trinajstić information content (AvgIpc) is 3.12. The van der Waals surface area contributed by atoms with Gasteiger partial charge in [0.2, 0.25) is 0 Å². The van der Waals surface area contributed by atoms with E-state index in [1.807, 2.05) is 0 Å². The van der Waals surface area contributed by atoms with Crippen molar-refractivity contribution >= 4 is 5.84 Å². The van der Waals surface area contributed by atoms with Crippen molar-refractivity contribution in [2.45, 2.75) is 45.1 Å². The molecule has 2 aliphatic rings. The Morgan fingerprint density at radius 1 is 0.963 bits per heavy atom. The van der Waals surface area contributed by atoms with E-state index in [1.165, 1.54) is 36.8 Å². The Labute approximate surface area is 162 Å². The maximum absolute atomic E-state index is 6.16. The lowest BCUT2D eigenvalue weighted by atomic mass is 9.89. The van der Waals surface area contributed by atoms with Crippen molar-refractivity contribution in [1.29, 1.82) is 0 Å². The van der Waals surface area contributed by atoms with Gasteiger partial charge in [-0.2, -0.15) is 0 Å². The van der Waals surface area contributed by atoms with Crippen LogP contribution in [-0.2, 0) is 6.42 Å². The average molecular weight is 364 g/mol. The first kappa shape index (κ1) is 18.1. The maximum atomic E-state index is 6.16. The van der Waals surface area contributed by atoms with Crippen molar-refractivity contribution in [2.75, 3.05) is 13.1 Å². The van der Waals surface area contributed by atoms with Crippen molar-refractivity contribution in [3.8, 4) is 5.75 Å². The highest BCUT2D eigenvalue weighted by atomic mass is 16.5. The van der Waals surface area contributed by atoms with Crippen LogP contribution in [0, 0.1) is 5.92 Å². The van der Waals surface area contributed by atoms with Gasteiger partial charge in [-0.05, 0) is 61.3 Å². The zero-order chi connectivity index (χ0) is 18.6. The van der Waals surface area contributed by atoms with Gasteiger partial charge in [-0.3, -0.25) is 10.0 Å². The summed E-state index contributed by atoms with van der Waals surface area (Å²) >= 11 is 0. The second-order valence-electron chi connectivity index (χ2n) is 7.92. The van der Waals surface area contributed by atoms with Crippen LogP contribution in [-0.4, -0.2) is 30.0 Å². The van der Waals surface area contributed by atoms with Crippen molar-refractivity contribution in [2.24, 2.45) is 16.8 Å². The van der Waals surface area contributed by atoms with Gasteiger partial charge in [-0.25, -0.2) is 5.84 Å². The van der Waals surface area contributed by atoms with Crippen molar-refractivity contribution in [3.05, 3.63) is 65.2 Å². The molecule has 142 valence electrons. The Morgan fingerprint density at radius 3 is 2.19 bits per heavy atom. The lowest BCUT2D eigenvalue weighted by Gasteiger charge is -2.26. The van der Waals surface area contributed by atoms with E-state index in [0.29, 0.717) is 6.10 Å². The third kappa shape index (κ3) is 4.51. The molecule has 0 radical (unpaired) electrons. The Bertz CT molecular complexity index is 774. The van der Waals surface area contributed by atoms with Crippen molar-refractivity contribution in [1.82, 2.24) is 5.01 Å². The highest BCUT2D eigenvalue weighted by Crippen LogP contribution is 2.27. The lowest BCUT2D eigenvalue weighted by molar-refractivity contribution is 0.135. The summed E-state index contributed by atoms with van der Waals surface area (Å²) in [7, 11) is 0. The fraction of sp³-hybridized carbons (Fsp3) is 0.435. The van der Waals surface area contributed by atoms with Crippen LogP contribution in [0.2, 0.25) is 0 Å². The van der Waals surface area contributed by atoms with E-state index in [4.69, 9.17) is 10.6 Å². The number of hydrogen-bond donors (Lipinski definition) is 1. The molecule has 0 spiro atoms. The second kappa shape index (κ2) is 8.13. The molecule has 1 aliphatic carbocycles. The van der Waals surface area contributed by atoms with Gasteiger partial charge in [0.05, 0.1) is 19.2 Å². The molecule has 0 aromatic heterocycles. The molecule has 4 rings (SSSR count). The number of amidine groups is 1. The van der Waals surface area contributed by atoms with Crippen LogP contribution in [0.1, 0.15) is 49.3 Å². The van der Waals surface area contributed by atoms with Crippen LogP contribution in [0.5, 0.6) is 5.75 Å². The van der Waals surface area contributed by atoms with E-state index in [1.54, 1.807) is 5.01 Å². The molecule has 0 bridgehead atoms. The molecule has 2 aromatic rings. The van der Waals surface area contributed by atoms with Gasteiger partial charge >= 0.3 is 0 Å². The largest absolute Gasteiger partial charge is 0.490 e. The Hall–Kier alpha value is -2.33. The van der Waals surface area contributed by atoms with Crippen LogP contribution >= 0.6 is 0 Å². The fourth-order valence-corrected chi connectivity index (χ4v) is 3.95. The molecule has 1 aliphatic heterocycles. The van der Waals surface area contributed by atoms with Gasteiger partial charge in [0.1, 0.15) is 11.6 Å². The van der Waals surface area contributed by atoms with Crippen LogP contribution in [0.4, 0.5) is 0 Å². The van der Waals surface area contributed by atoms with Gasteiger partial charge in [0.15, 0.2) is 0 Å². The SMILES string of the molecule is CC1CCC(Oc2ccc(Cc3ccc(C4=NCCN4N)cc3)cc2)CC1. The molecule has 2 N–H and O–H groups in total. The van der Waals surface area contributed by atoms with Crippen molar-refractivity contribution in [3.63, 3.8) is 0 Å². The van der Waals surface area contributed by atoms with Crippen molar-refractivity contribution < 1.29 is 4.74 Å². The topological polar surface area (TPSA) is 50.8 Å². The first-order chi connectivity index (χ1) is 13.2. The fourth-order valence-electron chi connectivity index (χ4n) is 3.95. The number of aliphatic imine (C=N–C) groups is 1. The predicted molar refractivity (Wildman–Crippen MR) is 110 cm³/mol. The number of nitrogens with two attached hydrogens (primary N) is 1. The molecule has 27 heavy (non-hydrogen) atoms. The summed E-state index contributed by atoms with van der Waals surface area (Å²) in [6.07, 6.45) is 6.24. The minimum atomic E-state index is 0.389. The molecular formula is C23H29N3O. The molecule has 4 nitrogen and oxygen atoms in total. The second-order valence-corrected chi connectivity index (χ2v) is 7.92. The summed E-state index contributed by atoms with van der Waals surface area (Å²) in [5.41, 5.74) is 3.67. The monoisotopic (exact) mass is 363 g/mol. The molecule has 0 amide bonds. The third-order valence-electron chi connectivity index (χ3n) is 5.68. The number of benzene rings is 2. The number of rotatable bonds is 5. The minimum Gasteiger partial charge on any atom is -0.490 e. The highest BCUT2D eigenvalue weighted by Gasteiger charge is 2.19. The van der Waals surface area contributed by atoms with Gasteiger partial charge in [0.25, 0.3) is 0 Å². The molecule has 1 saturated carbocycles. The Kier molecular flexibility index (Phi) is 5.44. The normalized spacial score (nSPS) is 22.6. The molecule has 0 atom stereocenters. The lowest BCUT2D eigenvalue weighted by Crippen LogP contribution is -2.34. The number of ether oxygens (including phenoxy) is 1. The maximum Gasteiger partial charge on any atom is 0.145 e. The van der Waals surface area contributed by atoms with E-state index in [9.17, 15) is 0 Å². The summed E-state index contributed by atoms with van der Waals surface area (Å²) in [6.45, 7) is 3.91. The van der Waals surface area contributed by atoms with Crippen LogP contribution < -0.4 is 10.6 Å². The number of nitrogens with zero attached hydrogens (tertiary/aromatic N) is 2. The quantitative estimate of drug-likeness (QED) is 0.811. The zero-order valence-corrected chi connectivity index (χ0v) is 16.1. The van der Waals surface area contributed by atoms with Gasteiger partial charge in [-0.1, -0.05) is 43.3 Å². The summed E-state index contributed by atoms with van der Waals surface area (Å²) in [4.78, 5) is 4.47. The van der Waals surface area contributed by atoms with Gasteiger partial charge in [0, 0.05) is 5.56 Å². The van der Waals surface area contributed by atoms with Crippen LogP contribution in [0.25, 0.3) is 0 Å². The van der Waals surface area contributed by atoms with E-state index >= 15 is 0 Å². The highest BCUT2D eigenvalue weighted by molar-refractivity contribution is 5.99. The zero-order valence-electron chi connectivity index (χ0n) is 16.1. The smallest absolute Gasteiger partial charge is 0.145 e. The van der Waals surface area contributed by atoms with E-state index in [0.717, 1.165) is 42.6 Å². The standard InChI is InChI=1S/C23H29N3O/c1-17-2-10-21(11-3-17)27-22-12-6-19(7-13-22)16-18-4-8-20(9-5-18)23-25-14-15-26(23)24/h4-9,12-13,17,21H,2-3,10-11,14-16,24H2,1H3. The molecule has 1 fully saturated rings. The third-order valence-corrected chi connectivity index (χ3v) is 5.68. The molecule has 0 unspecified atom stereocenters. The summed E-state index contributed by atoms with van der Waals surface area (Å²) in [5.74, 6) is 8.69. The van der Waals surface area contributed by atoms with Crippen LogP contribution in [0.15, 0.2) is 53.5 Å². The number of hydrazine groups is 1. The van der Waals surface area contributed by atoms with Gasteiger partial charge in [-0.15, -0.1) is 0 Å². The predicted octanol–water partition coefficient (Wildman–Crippen LogP) is 4.17.